The maximum absolute atomic E-state index is 13.2. The Bertz CT molecular complexity index is 901. The summed E-state index contributed by atoms with van der Waals surface area (Å²) in [6.07, 6.45) is 1.28. The summed E-state index contributed by atoms with van der Waals surface area (Å²) >= 11 is 3.39. The molecule has 0 saturated heterocycles. The van der Waals surface area contributed by atoms with E-state index < -0.39 is 27.8 Å². The van der Waals surface area contributed by atoms with Gasteiger partial charge in [-0.15, -0.1) is 0 Å². The van der Waals surface area contributed by atoms with Crippen molar-refractivity contribution in [3.63, 3.8) is 0 Å². The van der Waals surface area contributed by atoms with E-state index in [-0.39, 0.29) is 12.1 Å². The Morgan fingerprint density at radius 2 is 1.85 bits per heavy atom. The first kappa shape index (κ1) is 20.4. The summed E-state index contributed by atoms with van der Waals surface area (Å²) in [6.45, 7) is 3.61. The number of nitrogens with one attached hydrogen (secondary N) is 1. The van der Waals surface area contributed by atoms with Crippen LogP contribution in [0, 0.1) is 12.7 Å². The average molecular weight is 443 g/mol. The molecule has 0 aliphatic rings. The van der Waals surface area contributed by atoms with Gasteiger partial charge in [0, 0.05) is 10.2 Å². The summed E-state index contributed by atoms with van der Waals surface area (Å²) < 4.78 is 39.8. The molecule has 8 heteroatoms. The van der Waals surface area contributed by atoms with Crippen molar-refractivity contribution in [2.75, 3.05) is 15.9 Å². The molecule has 0 saturated carbocycles. The van der Waals surface area contributed by atoms with Crippen LogP contribution in [0.5, 0.6) is 0 Å². The Kier molecular flexibility index (Phi) is 6.41. The van der Waals surface area contributed by atoms with Crippen molar-refractivity contribution in [2.45, 2.75) is 26.3 Å². The number of carbonyl (C=O) groups excluding carboxylic acids is 1. The third kappa shape index (κ3) is 4.82. The van der Waals surface area contributed by atoms with E-state index in [2.05, 4.69) is 21.2 Å². The van der Waals surface area contributed by atoms with Crippen LogP contribution < -0.4 is 9.62 Å². The molecule has 5 nitrogen and oxygen atoms in total. The van der Waals surface area contributed by atoms with Crippen molar-refractivity contribution in [3.8, 4) is 0 Å². The lowest BCUT2D eigenvalue weighted by molar-refractivity contribution is -0.117. The molecule has 0 aliphatic heterocycles. The van der Waals surface area contributed by atoms with Gasteiger partial charge in [0.2, 0.25) is 15.9 Å². The van der Waals surface area contributed by atoms with Crippen LogP contribution in [0.4, 0.5) is 15.8 Å². The largest absolute Gasteiger partial charge is 0.324 e. The molecule has 0 aromatic heterocycles. The molecule has 0 unspecified atom stereocenters. The first-order valence-electron chi connectivity index (χ1n) is 7.95. The van der Waals surface area contributed by atoms with E-state index in [1.54, 1.807) is 25.1 Å². The number of rotatable bonds is 6. The number of hydrogen-bond acceptors (Lipinski definition) is 3. The second-order valence-corrected chi connectivity index (χ2v) is 8.63. The summed E-state index contributed by atoms with van der Waals surface area (Å²) in [5, 5.41) is 2.75. The van der Waals surface area contributed by atoms with Gasteiger partial charge in [-0.25, -0.2) is 12.8 Å². The molecular weight excluding hydrogens is 423 g/mol. The quantitative estimate of drug-likeness (QED) is 0.732. The minimum atomic E-state index is -3.75. The number of hydrogen-bond donors (Lipinski definition) is 1. The Hall–Kier alpha value is -1.93. The molecule has 140 valence electrons. The first-order valence-corrected chi connectivity index (χ1v) is 10.6. The number of nitrogens with zero attached hydrogens (tertiary/aromatic N) is 1. The van der Waals surface area contributed by atoms with Gasteiger partial charge in [-0.05, 0) is 61.4 Å². The van der Waals surface area contributed by atoms with Gasteiger partial charge in [0.1, 0.15) is 11.9 Å². The van der Waals surface area contributed by atoms with E-state index in [0.29, 0.717) is 5.69 Å². The standard InChI is InChI=1S/C18H20BrFN2O3S/c1-4-17(18(23)21-14-7-10-16(19)12(2)11-14)22(26(3,24)25)15-8-5-13(20)6-9-15/h5-11,17H,4H2,1-3H3,(H,21,23)/t17-/m1/s1. The smallest absolute Gasteiger partial charge is 0.248 e. The van der Waals surface area contributed by atoms with Crippen LogP contribution in [0.2, 0.25) is 0 Å². The summed E-state index contributed by atoms with van der Waals surface area (Å²) in [6, 6.07) is 9.38. The van der Waals surface area contributed by atoms with Crippen LogP contribution in [0.15, 0.2) is 46.9 Å². The zero-order valence-corrected chi connectivity index (χ0v) is 17.1. The molecule has 0 spiro atoms. The highest BCUT2D eigenvalue weighted by molar-refractivity contribution is 9.10. The number of carbonyl (C=O) groups is 1. The number of anilines is 2. The van der Waals surface area contributed by atoms with Crippen molar-refractivity contribution < 1.29 is 17.6 Å². The number of aryl methyl sites for hydroxylation is 1. The average Bonchev–Trinajstić information content (AvgIpc) is 2.56. The lowest BCUT2D eigenvalue weighted by Crippen LogP contribution is -2.47. The Morgan fingerprint density at radius 3 is 2.35 bits per heavy atom. The van der Waals surface area contributed by atoms with Crippen molar-refractivity contribution in [1.82, 2.24) is 0 Å². The number of amides is 1. The third-order valence-corrected chi connectivity index (χ3v) is 5.91. The van der Waals surface area contributed by atoms with Crippen LogP contribution in [-0.2, 0) is 14.8 Å². The number of sulfonamides is 1. The maximum Gasteiger partial charge on any atom is 0.248 e. The molecule has 0 bridgehead atoms. The van der Waals surface area contributed by atoms with Gasteiger partial charge in [-0.3, -0.25) is 9.10 Å². The zero-order chi connectivity index (χ0) is 19.5. The normalized spacial score (nSPS) is 12.5. The highest BCUT2D eigenvalue weighted by atomic mass is 79.9. The van der Waals surface area contributed by atoms with Crippen LogP contribution in [0.25, 0.3) is 0 Å². The van der Waals surface area contributed by atoms with Gasteiger partial charge in [0.25, 0.3) is 0 Å². The van der Waals surface area contributed by atoms with E-state index in [1.165, 1.54) is 12.1 Å². The summed E-state index contributed by atoms with van der Waals surface area (Å²) in [5.41, 5.74) is 1.75. The van der Waals surface area contributed by atoms with Gasteiger partial charge in [-0.2, -0.15) is 0 Å². The monoisotopic (exact) mass is 442 g/mol. The second-order valence-electron chi connectivity index (χ2n) is 5.91. The molecule has 2 aromatic rings. The second kappa shape index (κ2) is 8.18. The Labute approximate surface area is 161 Å². The van der Waals surface area contributed by atoms with Gasteiger partial charge in [0.05, 0.1) is 11.9 Å². The van der Waals surface area contributed by atoms with Gasteiger partial charge in [0.15, 0.2) is 0 Å². The predicted molar refractivity (Wildman–Crippen MR) is 105 cm³/mol. The van der Waals surface area contributed by atoms with Crippen molar-refractivity contribution >= 4 is 43.2 Å². The van der Waals surface area contributed by atoms with E-state index in [4.69, 9.17) is 0 Å². The van der Waals surface area contributed by atoms with Crippen molar-refractivity contribution in [2.24, 2.45) is 0 Å². The lowest BCUT2D eigenvalue weighted by Gasteiger charge is -2.30. The highest BCUT2D eigenvalue weighted by Crippen LogP contribution is 2.25. The third-order valence-electron chi connectivity index (χ3n) is 3.84. The highest BCUT2D eigenvalue weighted by Gasteiger charge is 2.31. The maximum atomic E-state index is 13.2. The van der Waals surface area contributed by atoms with Crippen LogP contribution in [-0.4, -0.2) is 26.6 Å². The molecule has 1 N–H and O–H groups in total. The molecule has 1 atom stereocenters. The molecule has 26 heavy (non-hydrogen) atoms. The van der Waals surface area contributed by atoms with Gasteiger partial charge < -0.3 is 5.32 Å². The summed E-state index contributed by atoms with van der Waals surface area (Å²) in [4.78, 5) is 12.8. The van der Waals surface area contributed by atoms with E-state index in [0.717, 1.165) is 32.7 Å². The fraction of sp³-hybridized carbons (Fsp3) is 0.278. The minimum absolute atomic E-state index is 0.239. The van der Waals surface area contributed by atoms with Crippen molar-refractivity contribution in [3.05, 3.63) is 58.3 Å². The van der Waals surface area contributed by atoms with E-state index in [9.17, 15) is 17.6 Å². The molecule has 0 radical (unpaired) electrons. The predicted octanol–water partition coefficient (Wildman–Crippen LogP) is 4.08. The Balaban J connectivity index is 2.36. The van der Waals surface area contributed by atoms with E-state index in [1.807, 2.05) is 6.92 Å². The molecular formula is C18H20BrFN2O3S. The summed E-state index contributed by atoms with van der Waals surface area (Å²) in [5.74, 6) is -0.936. The summed E-state index contributed by atoms with van der Waals surface area (Å²) in [7, 11) is -3.75. The molecule has 2 aromatic carbocycles. The fourth-order valence-electron chi connectivity index (χ4n) is 2.60. The molecule has 2 rings (SSSR count). The topological polar surface area (TPSA) is 66.5 Å². The van der Waals surface area contributed by atoms with Crippen LogP contribution in [0.1, 0.15) is 18.9 Å². The molecule has 0 fully saturated rings. The molecule has 0 aliphatic carbocycles. The van der Waals surface area contributed by atoms with Crippen LogP contribution in [0.3, 0.4) is 0 Å². The SMILES string of the molecule is CC[C@H](C(=O)Nc1ccc(Br)c(C)c1)N(c1ccc(F)cc1)S(C)(=O)=O. The molecule has 1 amide bonds. The minimum Gasteiger partial charge on any atom is -0.324 e. The number of halogens is 2. The van der Waals surface area contributed by atoms with Gasteiger partial charge in [-0.1, -0.05) is 22.9 Å². The zero-order valence-electron chi connectivity index (χ0n) is 14.7. The van der Waals surface area contributed by atoms with E-state index >= 15 is 0 Å². The number of benzene rings is 2. The van der Waals surface area contributed by atoms with Gasteiger partial charge >= 0.3 is 0 Å². The van der Waals surface area contributed by atoms with Crippen LogP contribution >= 0.6 is 15.9 Å². The lowest BCUT2D eigenvalue weighted by atomic mass is 10.1. The molecule has 0 heterocycles. The van der Waals surface area contributed by atoms with Crippen molar-refractivity contribution in [1.29, 1.82) is 0 Å². The first-order chi connectivity index (χ1) is 12.1. The Morgan fingerprint density at radius 1 is 1.23 bits per heavy atom. The fourth-order valence-corrected chi connectivity index (χ4v) is 4.05.